The third kappa shape index (κ3) is 4.34. The summed E-state index contributed by atoms with van der Waals surface area (Å²) in [7, 11) is 0. The van der Waals surface area contributed by atoms with Crippen LogP contribution in [0, 0.1) is 0 Å². The van der Waals surface area contributed by atoms with E-state index >= 15 is 0 Å². The van der Waals surface area contributed by atoms with Gasteiger partial charge in [0.15, 0.2) is 0 Å². The summed E-state index contributed by atoms with van der Waals surface area (Å²) in [6.45, 7) is 2.13. The van der Waals surface area contributed by atoms with Crippen LogP contribution in [0.5, 0.6) is 0 Å². The summed E-state index contributed by atoms with van der Waals surface area (Å²) in [5, 5.41) is 0.758. The Morgan fingerprint density at radius 3 is 2.32 bits per heavy atom. The molecular formula is C16H19ClN2. The summed E-state index contributed by atoms with van der Waals surface area (Å²) in [5.74, 6) is 0. The van der Waals surface area contributed by atoms with Crippen molar-refractivity contribution in [3.63, 3.8) is 0 Å². The van der Waals surface area contributed by atoms with E-state index in [9.17, 15) is 0 Å². The predicted octanol–water partition coefficient (Wildman–Crippen LogP) is 3.41. The van der Waals surface area contributed by atoms with Crippen LogP contribution in [0.3, 0.4) is 0 Å². The molecule has 0 aliphatic rings. The summed E-state index contributed by atoms with van der Waals surface area (Å²) < 4.78 is 0. The highest BCUT2D eigenvalue weighted by Crippen LogP contribution is 2.12. The Bertz CT molecular complexity index is 505. The van der Waals surface area contributed by atoms with Crippen molar-refractivity contribution in [1.82, 2.24) is 4.98 Å². The van der Waals surface area contributed by atoms with Crippen molar-refractivity contribution >= 4 is 11.6 Å². The lowest BCUT2D eigenvalue weighted by Gasteiger charge is -2.11. The van der Waals surface area contributed by atoms with Crippen LogP contribution in [-0.4, -0.2) is 11.0 Å². The Morgan fingerprint density at radius 2 is 1.74 bits per heavy atom. The normalized spacial score (nSPS) is 12.4. The maximum absolute atomic E-state index is 6.17. The van der Waals surface area contributed by atoms with Gasteiger partial charge in [-0.25, -0.2) is 0 Å². The van der Waals surface area contributed by atoms with E-state index in [2.05, 4.69) is 24.0 Å². The molecule has 0 spiro atoms. The fourth-order valence-electron chi connectivity index (χ4n) is 2.05. The second-order valence-electron chi connectivity index (χ2n) is 4.81. The van der Waals surface area contributed by atoms with E-state index in [0.717, 1.165) is 30.0 Å². The zero-order chi connectivity index (χ0) is 13.7. The molecule has 0 aliphatic heterocycles. The van der Waals surface area contributed by atoms with Gasteiger partial charge in [0.05, 0.1) is 0 Å². The van der Waals surface area contributed by atoms with Crippen LogP contribution >= 0.6 is 11.6 Å². The minimum Gasteiger partial charge on any atom is -0.327 e. The number of hydrogen-bond donors (Lipinski definition) is 1. The standard InChI is InChI=1S/C16H19ClN2/c1-2-12-5-8-16(19-11-12)10-15(18)9-13-3-6-14(17)7-4-13/h3-8,11,15H,2,9-10,18H2,1H3. The molecule has 2 aromatic rings. The molecule has 0 aliphatic carbocycles. The Hall–Kier alpha value is -1.38. The molecule has 100 valence electrons. The molecular weight excluding hydrogens is 256 g/mol. The molecule has 1 unspecified atom stereocenters. The second kappa shape index (κ2) is 6.69. The van der Waals surface area contributed by atoms with E-state index in [0.29, 0.717) is 0 Å². The van der Waals surface area contributed by atoms with Crippen molar-refractivity contribution in [3.05, 3.63) is 64.4 Å². The Kier molecular flexibility index (Phi) is 4.94. The number of rotatable bonds is 5. The molecule has 1 heterocycles. The first-order valence-corrected chi connectivity index (χ1v) is 6.99. The quantitative estimate of drug-likeness (QED) is 0.907. The van der Waals surface area contributed by atoms with Crippen LogP contribution in [0.15, 0.2) is 42.6 Å². The third-order valence-corrected chi connectivity index (χ3v) is 3.43. The largest absolute Gasteiger partial charge is 0.327 e. The number of benzene rings is 1. The van der Waals surface area contributed by atoms with Gasteiger partial charge in [0.2, 0.25) is 0 Å². The highest BCUT2D eigenvalue weighted by atomic mass is 35.5. The van der Waals surface area contributed by atoms with E-state index in [1.807, 2.05) is 30.5 Å². The van der Waals surface area contributed by atoms with E-state index < -0.39 is 0 Å². The maximum Gasteiger partial charge on any atom is 0.0419 e. The lowest BCUT2D eigenvalue weighted by atomic mass is 10.0. The summed E-state index contributed by atoms with van der Waals surface area (Å²) >= 11 is 5.87. The van der Waals surface area contributed by atoms with Crippen molar-refractivity contribution in [1.29, 1.82) is 0 Å². The van der Waals surface area contributed by atoms with Crippen molar-refractivity contribution < 1.29 is 0 Å². The molecule has 2 rings (SSSR count). The maximum atomic E-state index is 6.17. The number of aromatic nitrogens is 1. The number of hydrogen-bond acceptors (Lipinski definition) is 2. The van der Waals surface area contributed by atoms with Crippen LogP contribution in [0.25, 0.3) is 0 Å². The van der Waals surface area contributed by atoms with Gasteiger partial charge in [0.1, 0.15) is 0 Å². The van der Waals surface area contributed by atoms with Crippen molar-refractivity contribution in [3.8, 4) is 0 Å². The molecule has 0 fully saturated rings. The van der Waals surface area contributed by atoms with Crippen LogP contribution in [-0.2, 0) is 19.3 Å². The second-order valence-corrected chi connectivity index (χ2v) is 5.24. The Labute approximate surface area is 119 Å². The van der Waals surface area contributed by atoms with E-state index in [1.54, 1.807) is 0 Å². The molecule has 0 amide bonds. The fourth-order valence-corrected chi connectivity index (χ4v) is 2.18. The monoisotopic (exact) mass is 274 g/mol. The van der Waals surface area contributed by atoms with Crippen LogP contribution < -0.4 is 5.73 Å². The summed E-state index contributed by atoms with van der Waals surface area (Å²) in [4.78, 5) is 4.44. The van der Waals surface area contributed by atoms with Crippen molar-refractivity contribution in [2.24, 2.45) is 5.73 Å². The van der Waals surface area contributed by atoms with Gasteiger partial charge in [-0.2, -0.15) is 0 Å². The summed E-state index contributed by atoms with van der Waals surface area (Å²) in [5.41, 5.74) is 9.70. The van der Waals surface area contributed by atoms with E-state index in [4.69, 9.17) is 17.3 Å². The first-order valence-electron chi connectivity index (χ1n) is 6.61. The average Bonchev–Trinajstić information content (AvgIpc) is 2.42. The number of aryl methyl sites for hydroxylation is 1. The van der Waals surface area contributed by atoms with Gasteiger partial charge in [0.25, 0.3) is 0 Å². The molecule has 0 bridgehead atoms. The molecule has 0 radical (unpaired) electrons. The van der Waals surface area contributed by atoms with Crippen LogP contribution in [0.2, 0.25) is 5.02 Å². The third-order valence-electron chi connectivity index (χ3n) is 3.18. The van der Waals surface area contributed by atoms with Gasteiger partial charge >= 0.3 is 0 Å². The molecule has 3 heteroatoms. The van der Waals surface area contributed by atoms with Crippen LogP contribution in [0.1, 0.15) is 23.7 Å². The zero-order valence-electron chi connectivity index (χ0n) is 11.1. The molecule has 1 aromatic heterocycles. The van der Waals surface area contributed by atoms with Crippen LogP contribution in [0.4, 0.5) is 0 Å². The topological polar surface area (TPSA) is 38.9 Å². The predicted molar refractivity (Wildman–Crippen MR) is 80.5 cm³/mol. The number of nitrogens with zero attached hydrogens (tertiary/aromatic N) is 1. The fraction of sp³-hybridized carbons (Fsp3) is 0.312. The summed E-state index contributed by atoms with van der Waals surface area (Å²) in [6.07, 6.45) is 4.59. The number of halogens is 1. The molecule has 0 saturated carbocycles. The first-order chi connectivity index (χ1) is 9.17. The SMILES string of the molecule is CCc1ccc(CC(N)Cc2ccc(Cl)cc2)nc1. The molecule has 0 saturated heterocycles. The van der Waals surface area contributed by atoms with Gasteiger partial charge in [-0.05, 0) is 42.2 Å². The van der Waals surface area contributed by atoms with E-state index in [-0.39, 0.29) is 6.04 Å². The lowest BCUT2D eigenvalue weighted by Crippen LogP contribution is -2.25. The van der Waals surface area contributed by atoms with E-state index in [1.165, 1.54) is 11.1 Å². The smallest absolute Gasteiger partial charge is 0.0419 e. The Morgan fingerprint density at radius 1 is 1.05 bits per heavy atom. The molecule has 2 nitrogen and oxygen atoms in total. The lowest BCUT2D eigenvalue weighted by molar-refractivity contribution is 0.654. The van der Waals surface area contributed by atoms with Crippen molar-refractivity contribution in [2.75, 3.05) is 0 Å². The van der Waals surface area contributed by atoms with Gasteiger partial charge in [-0.1, -0.05) is 36.7 Å². The first kappa shape index (κ1) is 14.0. The minimum atomic E-state index is 0.0844. The molecule has 2 N–H and O–H groups in total. The highest BCUT2D eigenvalue weighted by molar-refractivity contribution is 6.30. The van der Waals surface area contributed by atoms with Gasteiger partial charge in [0, 0.05) is 29.4 Å². The Balaban J connectivity index is 1.92. The van der Waals surface area contributed by atoms with Gasteiger partial charge < -0.3 is 5.73 Å². The highest BCUT2D eigenvalue weighted by Gasteiger charge is 2.06. The number of pyridine rings is 1. The van der Waals surface area contributed by atoms with Crippen molar-refractivity contribution in [2.45, 2.75) is 32.2 Å². The number of nitrogens with two attached hydrogens (primary N) is 1. The minimum absolute atomic E-state index is 0.0844. The van der Waals surface area contributed by atoms with Gasteiger partial charge in [-0.15, -0.1) is 0 Å². The molecule has 1 atom stereocenters. The zero-order valence-corrected chi connectivity index (χ0v) is 11.9. The summed E-state index contributed by atoms with van der Waals surface area (Å²) in [6, 6.07) is 12.1. The molecule has 1 aromatic carbocycles. The molecule has 19 heavy (non-hydrogen) atoms. The van der Waals surface area contributed by atoms with Gasteiger partial charge in [-0.3, -0.25) is 4.98 Å². The average molecular weight is 275 g/mol.